The minimum Gasteiger partial charge on any atom is -0.328 e. The van der Waals surface area contributed by atoms with Gasteiger partial charge in [-0.15, -0.1) is 11.3 Å². The Morgan fingerprint density at radius 1 is 1.47 bits per heavy atom. The van der Waals surface area contributed by atoms with Gasteiger partial charge >= 0.3 is 6.18 Å². The average Bonchev–Trinajstić information content (AvgIpc) is 2.65. The molecule has 1 saturated carbocycles. The van der Waals surface area contributed by atoms with E-state index in [1.54, 1.807) is 0 Å². The molecule has 0 amide bonds. The highest BCUT2D eigenvalue weighted by Gasteiger charge is 2.42. The van der Waals surface area contributed by atoms with Crippen LogP contribution in [0.5, 0.6) is 0 Å². The molecular formula is C10H12F4N2S. The van der Waals surface area contributed by atoms with Gasteiger partial charge in [-0.1, -0.05) is 0 Å². The summed E-state index contributed by atoms with van der Waals surface area (Å²) in [5.74, 6) is 0. The third-order valence-electron chi connectivity index (χ3n) is 2.92. The van der Waals surface area contributed by atoms with Crippen molar-refractivity contribution in [2.45, 2.75) is 43.6 Å². The molecule has 1 aromatic heterocycles. The molecule has 0 bridgehead atoms. The molecule has 2 nitrogen and oxygen atoms in total. The van der Waals surface area contributed by atoms with Crippen molar-refractivity contribution in [3.8, 4) is 0 Å². The first kappa shape index (κ1) is 12.8. The molecule has 7 heteroatoms. The van der Waals surface area contributed by atoms with Gasteiger partial charge in [0.2, 0.25) is 0 Å². The van der Waals surface area contributed by atoms with E-state index in [2.05, 4.69) is 4.98 Å². The van der Waals surface area contributed by atoms with Crippen LogP contribution in [0, 0.1) is 0 Å². The number of rotatable bonds is 1. The molecular weight excluding hydrogens is 256 g/mol. The molecule has 1 aliphatic carbocycles. The average molecular weight is 268 g/mol. The smallest absolute Gasteiger partial charge is 0.328 e. The molecule has 96 valence electrons. The van der Waals surface area contributed by atoms with Gasteiger partial charge < -0.3 is 5.73 Å². The van der Waals surface area contributed by atoms with Crippen molar-refractivity contribution in [2.24, 2.45) is 5.73 Å². The zero-order valence-corrected chi connectivity index (χ0v) is 9.74. The Balaban J connectivity index is 2.24. The SMILES string of the molecule is NC1CCCC(F)(c2cnc(C(F)(F)F)s2)C1. The van der Waals surface area contributed by atoms with Crippen LogP contribution in [0.3, 0.4) is 0 Å². The molecule has 0 aliphatic heterocycles. The molecule has 0 saturated heterocycles. The van der Waals surface area contributed by atoms with E-state index >= 15 is 0 Å². The molecule has 17 heavy (non-hydrogen) atoms. The normalized spacial score (nSPS) is 30.5. The van der Waals surface area contributed by atoms with Gasteiger partial charge in [0.15, 0.2) is 5.01 Å². The van der Waals surface area contributed by atoms with Crippen LogP contribution in [0.2, 0.25) is 0 Å². The number of hydrogen-bond donors (Lipinski definition) is 1. The fourth-order valence-electron chi connectivity index (χ4n) is 2.10. The van der Waals surface area contributed by atoms with Crippen LogP contribution in [0.15, 0.2) is 6.20 Å². The summed E-state index contributed by atoms with van der Waals surface area (Å²) in [7, 11) is 0. The minimum atomic E-state index is -4.50. The number of halogens is 4. The lowest BCUT2D eigenvalue weighted by molar-refractivity contribution is -0.137. The van der Waals surface area contributed by atoms with Crippen molar-refractivity contribution in [3.05, 3.63) is 16.1 Å². The Bertz CT molecular complexity index is 403. The van der Waals surface area contributed by atoms with Crippen LogP contribution in [0.25, 0.3) is 0 Å². The third-order valence-corrected chi connectivity index (χ3v) is 4.14. The van der Waals surface area contributed by atoms with Crippen molar-refractivity contribution >= 4 is 11.3 Å². The van der Waals surface area contributed by atoms with E-state index in [4.69, 9.17) is 5.73 Å². The number of aromatic nitrogens is 1. The molecule has 1 aliphatic rings. The second-order valence-electron chi connectivity index (χ2n) is 4.35. The quantitative estimate of drug-likeness (QED) is 0.794. The molecule has 1 aromatic rings. The fraction of sp³-hybridized carbons (Fsp3) is 0.700. The van der Waals surface area contributed by atoms with E-state index in [0.29, 0.717) is 17.8 Å². The minimum absolute atomic E-state index is 0.0416. The zero-order chi connectivity index (χ0) is 12.7. The molecule has 0 aromatic carbocycles. The highest BCUT2D eigenvalue weighted by Crippen LogP contribution is 2.44. The molecule has 0 spiro atoms. The van der Waals surface area contributed by atoms with Crippen LogP contribution in [0.1, 0.15) is 35.6 Å². The summed E-state index contributed by atoms with van der Waals surface area (Å²) in [5, 5.41) is -0.997. The van der Waals surface area contributed by atoms with E-state index in [-0.39, 0.29) is 23.8 Å². The first-order valence-corrected chi connectivity index (χ1v) is 6.11. The third kappa shape index (κ3) is 2.60. The number of nitrogens with two attached hydrogens (primary N) is 1. The first-order valence-electron chi connectivity index (χ1n) is 5.29. The Kier molecular flexibility index (Phi) is 3.15. The summed E-state index contributed by atoms with van der Waals surface area (Å²) in [5.41, 5.74) is 3.93. The maximum atomic E-state index is 14.5. The van der Waals surface area contributed by atoms with Crippen molar-refractivity contribution in [2.75, 3.05) is 0 Å². The lowest BCUT2D eigenvalue weighted by atomic mass is 9.83. The zero-order valence-electron chi connectivity index (χ0n) is 8.93. The van der Waals surface area contributed by atoms with Gasteiger partial charge in [-0.25, -0.2) is 9.37 Å². The van der Waals surface area contributed by atoms with E-state index < -0.39 is 16.9 Å². The van der Waals surface area contributed by atoms with Gasteiger partial charge in [0.25, 0.3) is 0 Å². The Morgan fingerprint density at radius 2 is 2.18 bits per heavy atom. The summed E-state index contributed by atoms with van der Waals surface area (Å²) < 4.78 is 51.6. The summed E-state index contributed by atoms with van der Waals surface area (Å²) in [6, 6.07) is -0.287. The van der Waals surface area contributed by atoms with Gasteiger partial charge in [0, 0.05) is 18.7 Å². The number of alkyl halides is 4. The molecule has 0 radical (unpaired) electrons. The number of thiazole rings is 1. The second-order valence-corrected chi connectivity index (χ2v) is 5.38. The van der Waals surface area contributed by atoms with Crippen LogP contribution in [-0.2, 0) is 11.8 Å². The maximum Gasteiger partial charge on any atom is 0.443 e. The molecule has 2 unspecified atom stereocenters. The fourth-order valence-corrected chi connectivity index (χ4v) is 3.00. The summed E-state index contributed by atoms with van der Waals surface area (Å²) in [4.78, 5) is 3.29. The van der Waals surface area contributed by atoms with Crippen LogP contribution < -0.4 is 5.73 Å². The monoisotopic (exact) mass is 268 g/mol. The molecule has 2 rings (SSSR count). The van der Waals surface area contributed by atoms with E-state index in [1.165, 1.54) is 0 Å². The Hall–Kier alpha value is -0.690. The van der Waals surface area contributed by atoms with Gasteiger partial charge in [-0.3, -0.25) is 0 Å². The van der Waals surface area contributed by atoms with Gasteiger partial charge in [0.1, 0.15) is 5.67 Å². The number of hydrogen-bond acceptors (Lipinski definition) is 3. The van der Waals surface area contributed by atoms with E-state index in [9.17, 15) is 17.6 Å². The molecule has 2 N–H and O–H groups in total. The van der Waals surface area contributed by atoms with Crippen LogP contribution in [0.4, 0.5) is 17.6 Å². The van der Waals surface area contributed by atoms with Crippen LogP contribution in [-0.4, -0.2) is 11.0 Å². The van der Waals surface area contributed by atoms with E-state index in [0.717, 1.165) is 12.6 Å². The largest absolute Gasteiger partial charge is 0.443 e. The maximum absolute atomic E-state index is 14.5. The lowest BCUT2D eigenvalue weighted by Gasteiger charge is -2.31. The van der Waals surface area contributed by atoms with E-state index in [1.807, 2.05) is 0 Å². The summed E-state index contributed by atoms with van der Waals surface area (Å²) >= 11 is 0.381. The lowest BCUT2D eigenvalue weighted by Crippen LogP contribution is -2.35. The summed E-state index contributed by atoms with van der Waals surface area (Å²) in [6.45, 7) is 0. The molecule has 1 fully saturated rings. The summed E-state index contributed by atoms with van der Waals surface area (Å²) in [6.07, 6.45) is -1.90. The topological polar surface area (TPSA) is 38.9 Å². The van der Waals surface area contributed by atoms with Crippen molar-refractivity contribution < 1.29 is 17.6 Å². The van der Waals surface area contributed by atoms with Crippen molar-refractivity contribution in [3.63, 3.8) is 0 Å². The predicted octanol–water partition coefficient (Wildman–Crippen LogP) is 3.23. The van der Waals surface area contributed by atoms with Crippen molar-refractivity contribution in [1.82, 2.24) is 4.98 Å². The highest BCUT2D eigenvalue weighted by atomic mass is 32.1. The highest BCUT2D eigenvalue weighted by molar-refractivity contribution is 7.11. The van der Waals surface area contributed by atoms with Crippen molar-refractivity contribution in [1.29, 1.82) is 0 Å². The van der Waals surface area contributed by atoms with Gasteiger partial charge in [-0.2, -0.15) is 13.2 Å². The predicted molar refractivity (Wildman–Crippen MR) is 56.3 cm³/mol. The van der Waals surface area contributed by atoms with Gasteiger partial charge in [0.05, 0.1) is 4.88 Å². The van der Waals surface area contributed by atoms with Crippen LogP contribution >= 0.6 is 11.3 Å². The standard InChI is InChI=1S/C10H12F4N2S/c11-9(3-1-2-6(15)4-9)7-5-16-8(17-7)10(12,13)14/h5-6H,1-4,15H2. The molecule has 2 atom stereocenters. The Labute approximate surface area is 99.8 Å². The molecule has 1 heterocycles. The number of nitrogens with zero attached hydrogens (tertiary/aromatic N) is 1. The first-order chi connectivity index (χ1) is 7.81. The van der Waals surface area contributed by atoms with Gasteiger partial charge in [-0.05, 0) is 19.3 Å². The Morgan fingerprint density at radius 3 is 2.71 bits per heavy atom. The second kappa shape index (κ2) is 4.20.